The number of aliphatic hydroxyl groups excluding tert-OH is 1. The molecule has 0 unspecified atom stereocenters. The molecule has 0 heterocycles. The highest BCUT2D eigenvalue weighted by molar-refractivity contribution is 9.08. The lowest BCUT2D eigenvalue weighted by molar-refractivity contribution is 0.0705. The van der Waals surface area contributed by atoms with E-state index in [9.17, 15) is 0 Å². The largest absolute Gasteiger partial charge is 0.491 e. The molecule has 15 heavy (non-hydrogen) atoms. The molecule has 0 spiro atoms. The Morgan fingerprint density at radius 2 is 1.80 bits per heavy atom. The third-order valence-corrected chi connectivity index (χ3v) is 2.46. The molecule has 0 saturated heterocycles. The van der Waals surface area contributed by atoms with Gasteiger partial charge in [0.15, 0.2) is 0 Å². The van der Waals surface area contributed by atoms with Crippen LogP contribution in [0.2, 0.25) is 0 Å². The van der Waals surface area contributed by atoms with E-state index in [-0.39, 0.29) is 6.61 Å². The van der Waals surface area contributed by atoms with Crippen LogP contribution in [-0.4, -0.2) is 31.5 Å². The van der Waals surface area contributed by atoms with E-state index >= 15 is 0 Å². The lowest BCUT2D eigenvalue weighted by Crippen LogP contribution is -2.09. The molecule has 0 amide bonds. The van der Waals surface area contributed by atoms with Gasteiger partial charge < -0.3 is 14.6 Å². The summed E-state index contributed by atoms with van der Waals surface area (Å²) in [6.45, 7) is 1.43. The monoisotopic (exact) mass is 274 g/mol. The minimum absolute atomic E-state index is 0.0555. The molecule has 0 atom stereocenters. The van der Waals surface area contributed by atoms with Gasteiger partial charge in [0.05, 0.1) is 19.8 Å². The first-order chi connectivity index (χ1) is 7.36. The van der Waals surface area contributed by atoms with Crippen LogP contribution >= 0.6 is 15.9 Å². The first-order valence-corrected chi connectivity index (χ1v) is 5.95. The molecule has 0 radical (unpaired) electrons. The quantitative estimate of drug-likeness (QED) is 0.610. The summed E-state index contributed by atoms with van der Waals surface area (Å²) in [4.78, 5) is 0. The van der Waals surface area contributed by atoms with E-state index in [4.69, 9.17) is 14.6 Å². The fraction of sp³-hybridized carbons (Fsp3) is 0.455. The maximum Gasteiger partial charge on any atom is 0.119 e. The molecule has 3 nitrogen and oxygen atoms in total. The number of aliphatic hydroxyl groups is 1. The van der Waals surface area contributed by atoms with Crippen molar-refractivity contribution in [2.45, 2.75) is 5.33 Å². The van der Waals surface area contributed by atoms with Crippen LogP contribution in [0.15, 0.2) is 24.3 Å². The van der Waals surface area contributed by atoms with Gasteiger partial charge in [-0.05, 0) is 17.7 Å². The predicted molar refractivity (Wildman–Crippen MR) is 62.5 cm³/mol. The van der Waals surface area contributed by atoms with Gasteiger partial charge in [0, 0.05) is 5.33 Å². The van der Waals surface area contributed by atoms with Crippen molar-refractivity contribution in [1.29, 1.82) is 0 Å². The van der Waals surface area contributed by atoms with Crippen LogP contribution in [0, 0.1) is 0 Å². The van der Waals surface area contributed by atoms with Crippen molar-refractivity contribution >= 4 is 15.9 Å². The Labute approximate surface area is 98.1 Å². The molecule has 0 aromatic heterocycles. The van der Waals surface area contributed by atoms with Crippen molar-refractivity contribution < 1.29 is 14.6 Å². The van der Waals surface area contributed by atoms with Crippen molar-refractivity contribution in [2.24, 2.45) is 0 Å². The van der Waals surface area contributed by atoms with Crippen molar-refractivity contribution in [3.8, 4) is 5.75 Å². The summed E-state index contributed by atoms with van der Waals surface area (Å²) in [6, 6.07) is 7.89. The van der Waals surface area contributed by atoms with Crippen LogP contribution in [0.4, 0.5) is 0 Å². The molecule has 1 N–H and O–H groups in total. The second-order valence-electron chi connectivity index (χ2n) is 2.96. The molecule has 1 rings (SSSR count). The molecule has 84 valence electrons. The van der Waals surface area contributed by atoms with E-state index < -0.39 is 0 Å². The lowest BCUT2D eigenvalue weighted by atomic mass is 10.2. The van der Waals surface area contributed by atoms with Gasteiger partial charge in [-0.15, -0.1) is 0 Å². The molecule has 1 aromatic carbocycles. The molecular formula is C11H15BrO3. The van der Waals surface area contributed by atoms with E-state index in [1.54, 1.807) is 0 Å². The van der Waals surface area contributed by atoms with E-state index in [0.29, 0.717) is 19.8 Å². The minimum atomic E-state index is 0.0555. The first-order valence-electron chi connectivity index (χ1n) is 4.83. The fourth-order valence-corrected chi connectivity index (χ4v) is 1.43. The number of rotatable bonds is 7. The smallest absolute Gasteiger partial charge is 0.119 e. The zero-order chi connectivity index (χ0) is 10.9. The molecule has 4 heteroatoms. The summed E-state index contributed by atoms with van der Waals surface area (Å²) in [5.41, 5.74) is 1.22. The molecule has 0 aliphatic rings. The van der Waals surface area contributed by atoms with Gasteiger partial charge >= 0.3 is 0 Å². The topological polar surface area (TPSA) is 38.7 Å². The number of halogens is 1. The molecule has 0 bridgehead atoms. The average Bonchev–Trinajstić information content (AvgIpc) is 2.30. The molecule has 0 aliphatic heterocycles. The average molecular weight is 275 g/mol. The fourth-order valence-electron chi connectivity index (χ4n) is 1.06. The zero-order valence-corrected chi connectivity index (χ0v) is 10.1. The number of alkyl halides is 1. The minimum Gasteiger partial charge on any atom is -0.491 e. The van der Waals surface area contributed by atoms with E-state index in [1.807, 2.05) is 24.3 Å². The number of benzene rings is 1. The Hall–Kier alpha value is -0.580. The Morgan fingerprint density at radius 1 is 1.07 bits per heavy atom. The molecule has 0 saturated carbocycles. The van der Waals surface area contributed by atoms with Crippen molar-refractivity contribution in [2.75, 3.05) is 26.4 Å². The molecule has 0 fully saturated rings. The highest BCUT2D eigenvalue weighted by atomic mass is 79.9. The second kappa shape index (κ2) is 7.68. The van der Waals surface area contributed by atoms with Crippen molar-refractivity contribution in [3.63, 3.8) is 0 Å². The zero-order valence-electron chi connectivity index (χ0n) is 8.49. The Bertz CT molecular complexity index is 261. The Morgan fingerprint density at radius 3 is 2.40 bits per heavy atom. The lowest BCUT2D eigenvalue weighted by Gasteiger charge is -2.06. The molecule has 1 aromatic rings. The first kappa shape index (κ1) is 12.5. The van der Waals surface area contributed by atoms with Gasteiger partial charge in [-0.1, -0.05) is 28.1 Å². The molecule has 0 aliphatic carbocycles. The van der Waals surface area contributed by atoms with Gasteiger partial charge in [-0.3, -0.25) is 0 Å². The van der Waals surface area contributed by atoms with Crippen LogP contribution in [0.25, 0.3) is 0 Å². The van der Waals surface area contributed by atoms with Crippen LogP contribution in [0.3, 0.4) is 0 Å². The Kier molecular flexibility index (Phi) is 6.39. The summed E-state index contributed by atoms with van der Waals surface area (Å²) in [5.74, 6) is 0.840. The maximum atomic E-state index is 8.47. The summed E-state index contributed by atoms with van der Waals surface area (Å²) in [6.07, 6.45) is 0. The van der Waals surface area contributed by atoms with E-state index in [2.05, 4.69) is 15.9 Å². The predicted octanol–water partition coefficient (Wildman–Crippen LogP) is 1.97. The van der Waals surface area contributed by atoms with E-state index in [0.717, 1.165) is 11.1 Å². The SMILES string of the molecule is OCCOCCOc1ccc(CBr)cc1. The van der Waals surface area contributed by atoms with E-state index in [1.165, 1.54) is 5.56 Å². The van der Waals surface area contributed by atoms with Crippen LogP contribution in [-0.2, 0) is 10.1 Å². The Balaban J connectivity index is 2.20. The standard InChI is InChI=1S/C11H15BrO3/c12-9-10-1-3-11(4-2-10)15-8-7-14-6-5-13/h1-4,13H,5-9H2. The second-order valence-corrected chi connectivity index (χ2v) is 3.52. The third kappa shape index (κ3) is 5.16. The third-order valence-electron chi connectivity index (χ3n) is 1.81. The number of hydrogen-bond acceptors (Lipinski definition) is 3. The van der Waals surface area contributed by atoms with Crippen LogP contribution < -0.4 is 4.74 Å². The highest BCUT2D eigenvalue weighted by Gasteiger charge is 1.94. The summed E-state index contributed by atoms with van der Waals surface area (Å²) in [5, 5.41) is 9.32. The van der Waals surface area contributed by atoms with Gasteiger partial charge in [0.25, 0.3) is 0 Å². The highest BCUT2D eigenvalue weighted by Crippen LogP contribution is 2.13. The molecular weight excluding hydrogens is 260 g/mol. The van der Waals surface area contributed by atoms with Crippen molar-refractivity contribution in [3.05, 3.63) is 29.8 Å². The van der Waals surface area contributed by atoms with Gasteiger partial charge in [0.2, 0.25) is 0 Å². The summed E-state index contributed by atoms with van der Waals surface area (Å²) < 4.78 is 10.5. The van der Waals surface area contributed by atoms with Gasteiger partial charge in [-0.25, -0.2) is 0 Å². The van der Waals surface area contributed by atoms with Crippen LogP contribution in [0.5, 0.6) is 5.75 Å². The number of ether oxygens (including phenoxy) is 2. The maximum absolute atomic E-state index is 8.47. The van der Waals surface area contributed by atoms with Gasteiger partial charge in [-0.2, -0.15) is 0 Å². The normalized spacial score (nSPS) is 10.3. The summed E-state index contributed by atoms with van der Waals surface area (Å²) in [7, 11) is 0. The summed E-state index contributed by atoms with van der Waals surface area (Å²) >= 11 is 3.38. The van der Waals surface area contributed by atoms with Crippen molar-refractivity contribution in [1.82, 2.24) is 0 Å². The van der Waals surface area contributed by atoms with Crippen LogP contribution in [0.1, 0.15) is 5.56 Å². The van der Waals surface area contributed by atoms with Gasteiger partial charge in [0.1, 0.15) is 12.4 Å². The number of hydrogen-bond donors (Lipinski definition) is 1.